The van der Waals surface area contributed by atoms with Gasteiger partial charge < -0.3 is 9.30 Å². The molecule has 8 heteroatoms. The van der Waals surface area contributed by atoms with Gasteiger partial charge in [-0.15, -0.1) is 0 Å². The number of aromatic nitrogens is 2. The number of nitrogens with zero attached hydrogens (tertiary/aromatic N) is 5. The summed E-state index contributed by atoms with van der Waals surface area (Å²) in [6.45, 7) is 4.31. The summed E-state index contributed by atoms with van der Waals surface area (Å²) in [5.74, 6) is 0.947. The summed E-state index contributed by atoms with van der Waals surface area (Å²) in [7, 11) is 1.85. The summed E-state index contributed by atoms with van der Waals surface area (Å²) < 4.78 is 7.37. The number of hydrogen-bond donors (Lipinski definition) is 0. The molecule has 0 aliphatic carbocycles. The Hall–Kier alpha value is -3.03. The fourth-order valence-electron chi connectivity index (χ4n) is 2.27. The SMILES string of the molecule is CCCCCOc1ccc(/C(C)=N/N=C/c2nccn2C)cc1[N+](=O)[O-]. The second-order valence-electron chi connectivity index (χ2n) is 5.82. The Balaban J connectivity index is 2.14. The lowest BCUT2D eigenvalue weighted by Gasteiger charge is -2.07. The average Bonchev–Trinajstić information content (AvgIpc) is 3.03. The lowest BCUT2D eigenvalue weighted by molar-refractivity contribution is -0.385. The normalized spacial score (nSPS) is 11.9. The maximum atomic E-state index is 11.3. The minimum absolute atomic E-state index is 0.0679. The van der Waals surface area contributed by atoms with E-state index < -0.39 is 4.92 Å². The van der Waals surface area contributed by atoms with Gasteiger partial charge in [-0.2, -0.15) is 10.2 Å². The molecule has 0 radical (unpaired) electrons. The number of nitro benzene ring substituents is 1. The predicted octanol–water partition coefficient (Wildman–Crippen LogP) is 3.74. The smallest absolute Gasteiger partial charge is 0.311 e. The van der Waals surface area contributed by atoms with E-state index in [4.69, 9.17) is 4.74 Å². The van der Waals surface area contributed by atoms with Gasteiger partial charge >= 0.3 is 5.69 Å². The van der Waals surface area contributed by atoms with Crippen molar-refractivity contribution in [3.8, 4) is 5.75 Å². The van der Waals surface area contributed by atoms with Gasteiger partial charge in [-0.25, -0.2) is 4.98 Å². The van der Waals surface area contributed by atoms with Crippen LogP contribution in [0.2, 0.25) is 0 Å². The zero-order valence-electron chi connectivity index (χ0n) is 15.3. The van der Waals surface area contributed by atoms with E-state index in [2.05, 4.69) is 22.1 Å². The van der Waals surface area contributed by atoms with Gasteiger partial charge in [-0.3, -0.25) is 10.1 Å². The van der Waals surface area contributed by atoms with Crippen molar-refractivity contribution in [3.05, 3.63) is 52.1 Å². The Labute approximate surface area is 152 Å². The van der Waals surface area contributed by atoms with Crippen molar-refractivity contribution in [3.63, 3.8) is 0 Å². The van der Waals surface area contributed by atoms with Crippen LogP contribution in [0.25, 0.3) is 0 Å². The number of hydrogen-bond acceptors (Lipinski definition) is 6. The monoisotopic (exact) mass is 357 g/mol. The summed E-state index contributed by atoms with van der Waals surface area (Å²) in [6, 6.07) is 4.82. The molecule has 0 aliphatic heterocycles. The molecule has 0 spiro atoms. The van der Waals surface area contributed by atoms with Crippen LogP contribution in [0, 0.1) is 10.1 Å². The van der Waals surface area contributed by atoms with Crippen LogP contribution < -0.4 is 4.74 Å². The van der Waals surface area contributed by atoms with Crippen LogP contribution in [0.1, 0.15) is 44.5 Å². The molecule has 0 aliphatic rings. The van der Waals surface area contributed by atoms with E-state index in [9.17, 15) is 10.1 Å². The van der Waals surface area contributed by atoms with E-state index in [-0.39, 0.29) is 11.4 Å². The van der Waals surface area contributed by atoms with Crippen molar-refractivity contribution in [2.45, 2.75) is 33.1 Å². The van der Waals surface area contributed by atoms with Crippen LogP contribution in [0.3, 0.4) is 0 Å². The third kappa shape index (κ3) is 5.23. The van der Waals surface area contributed by atoms with Crippen molar-refractivity contribution in [1.29, 1.82) is 0 Å². The molecule has 2 aromatic rings. The molecule has 1 aromatic carbocycles. The van der Waals surface area contributed by atoms with Gasteiger partial charge in [-0.05, 0) is 25.5 Å². The number of imidazole rings is 1. The quantitative estimate of drug-likeness (QED) is 0.296. The maximum absolute atomic E-state index is 11.3. The van der Waals surface area contributed by atoms with Gasteiger partial charge in [0.1, 0.15) is 0 Å². The van der Waals surface area contributed by atoms with Crippen LogP contribution in [0.4, 0.5) is 5.69 Å². The summed E-state index contributed by atoms with van der Waals surface area (Å²) in [5, 5.41) is 19.4. The van der Waals surface area contributed by atoms with Gasteiger partial charge in [-0.1, -0.05) is 19.8 Å². The number of unbranched alkanes of at least 4 members (excludes halogenated alkanes) is 2. The first-order chi connectivity index (χ1) is 12.5. The van der Waals surface area contributed by atoms with Crippen molar-refractivity contribution >= 4 is 17.6 Å². The molecule has 0 bridgehead atoms. The lowest BCUT2D eigenvalue weighted by Crippen LogP contribution is -2.03. The van der Waals surface area contributed by atoms with Crippen LogP contribution in [-0.2, 0) is 7.05 Å². The van der Waals surface area contributed by atoms with Crippen LogP contribution in [0.15, 0.2) is 40.8 Å². The third-order valence-corrected chi connectivity index (χ3v) is 3.82. The van der Waals surface area contributed by atoms with E-state index in [1.54, 1.807) is 31.5 Å². The van der Waals surface area contributed by atoms with Crippen molar-refractivity contribution < 1.29 is 9.66 Å². The zero-order chi connectivity index (χ0) is 18.9. The standard InChI is InChI=1S/C18H23N5O3/c1-4-5-6-11-26-17-8-7-15(12-16(17)23(24)25)14(2)21-20-13-18-19-9-10-22(18)3/h7-10,12-13H,4-6,11H2,1-3H3/b20-13+,21-14+. The largest absolute Gasteiger partial charge is 0.487 e. The molecule has 2 rings (SSSR count). The minimum atomic E-state index is -0.441. The minimum Gasteiger partial charge on any atom is -0.487 e. The molecular formula is C18H23N5O3. The highest BCUT2D eigenvalue weighted by Gasteiger charge is 2.17. The summed E-state index contributed by atoms with van der Waals surface area (Å²) in [4.78, 5) is 15.0. The van der Waals surface area contributed by atoms with Gasteiger partial charge in [0.05, 0.1) is 23.5 Å². The summed E-state index contributed by atoms with van der Waals surface area (Å²) >= 11 is 0. The Bertz CT molecular complexity index is 811. The fraction of sp³-hybridized carbons (Fsp3) is 0.389. The molecule has 1 heterocycles. The first-order valence-corrected chi connectivity index (χ1v) is 8.49. The Morgan fingerprint density at radius 2 is 2.23 bits per heavy atom. The van der Waals surface area contributed by atoms with Gasteiger partial charge in [0.25, 0.3) is 0 Å². The van der Waals surface area contributed by atoms with Gasteiger partial charge in [0.2, 0.25) is 0 Å². The molecule has 0 amide bonds. The molecule has 0 saturated carbocycles. The predicted molar refractivity (Wildman–Crippen MR) is 101 cm³/mol. The number of ether oxygens (including phenoxy) is 1. The highest BCUT2D eigenvalue weighted by atomic mass is 16.6. The first-order valence-electron chi connectivity index (χ1n) is 8.49. The van der Waals surface area contributed by atoms with E-state index in [0.29, 0.717) is 23.7 Å². The Morgan fingerprint density at radius 1 is 1.42 bits per heavy atom. The van der Waals surface area contributed by atoms with Gasteiger partial charge in [0.15, 0.2) is 11.6 Å². The van der Waals surface area contributed by atoms with Gasteiger partial charge in [0, 0.05) is 31.1 Å². The summed E-state index contributed by atoms with van der Waals surface area (Å²) in [5.41, 5.74) is 1.12. The maximum Gasteiger partial charge on any atom is 0.311 e. The highest BCUT2D eigenvalue weighted by Crippen LogP contribution is 2.28. The average molecular weight is 357 g/mol. The molecule has 0 N–H and O–H groups in total. The molecule has 26 heavy (non-hydrogen) atoms. The molecular weight excluding hydrogens is 334 g/mol. The van der Waals surface area contributed by atoms with E-state index in [1.165, 1.54) is 12.3 Å². The highest BCUT2D eigenvalue weighted by molar-refractivity contribution is 5.99. The van der Waals surface area contributed by atoms with Crippen LogP contribution in [-0.4, -0.2) is 33.0 Å². The number of aryl methyl sites for hydroxylation is 1. The third-order valence-electron chi connectivity index (χ3n) is 3.82. The molecule has 0 atom stereocenters. The topological polar surface area (TPSA) is 94.9 Å². The van der Waals surface area contributed by atoms with Crippen molar-refractivity contribution in [1.82, 2.24) is 9.55 Å². The van der Waals surface area contributed by atoms with Crippen molar-refractivity contribution in [2.75, 3.05) is 6.61 Å². The van der Waals surface area contributed by atoms with Crippen LogP contribution >= 0.6 is 0 Å². The van der Waals surface area contributed by atoms with Crippen LogP contribution in [0.5, 0.6) is 5.75 Å². The number of nitro groups is 1. The van der Waals surface area contributed by atoms with Crippen molar-refractivity contribution in [2.24, 2.45) is 17.3 Å². The van der Waals surface area contributed by atoms with E-state index in [1.807, 2.05) is 11.6 Å². The second-order valence-corrected chi connectivity index (χ2v) is 5.82. The molecule has 0 fully saturated rings. The van der Waals surface area contributed by atoms with E-state index in [0.717, 1.165) is 19.3 Å². The zero-order valence-corrected chi connectivity index (χ0v) is 15.3. The first kappa shape index (κ1) is 19.3. The molecule has 8 nitrogen and oxygen atoms in total. The fourth-order valence-corrected chi connectivity index (χ4v) is 2.27. The number of benzene rings is 1. The molecule has 0 unspecified atom stereocenters. The van der Waals surface area contributed by atoms with E-state index >= 15 is 0 Å². The molecule has 138 valence electrons. The summed E-state index contributed by atoms with van der Waals surface area (Å²) in [6.07, 6.45) is 7.98. The second kappa shape index (κ2) is 9.45. The molecule has 0 saturated heterocycles. The Kier molecular flexibility index (Phi) is 7.02. The molecule has 1 aromatic heterocycles. The Morgan fingerprint density at radius 3 is 2.88 bits per heavy atom. The lowest BCUT2D eigenvalue weighted by atomic mass is 10.1. The number of rotatable bonds is 9.